The van der Waals surface area contributed by atoms with Crippen LogP contribution in [0.3, 0.4) is 0 Å². The van der Waals surface area contributed by atoms with Gasteiger partial charge in [-0.25, -0.2) is 0 Å². The largest absolute Gasteiger partial charge is 0.174 e. The SMILES string of the molecule is Bc1ccc(B)c2nsnc12. The Morgan fingerprint density at radius 3 is 1.91 bits per heavy atom. The molecule has 0 atom stereocenters. The van der Waals surface area contributed by atoms with Crippen molar-refractivity contribution in [2.75, 3.05) is 0 Å². The lowest BCUT2D eigenvalue weighted by Crippen LogP contribution is -2.12. The summed E-state index contributed by atoms with van der Waals surface area (Å²) in [5.41, 5.74) is 4.52. The molecule has 1 heterocycles. The van der Waals surface area contributed by atoms with Crippen LogP contribution >= 0.6 is 11.7 Å². The van der Waals surface area contributed by atoms with Gasteiger partial charge in [0.2, 0.25) is 0 Å². The maximum atomic E-state index is 4.21. The molecule has 1 aromatic heterocycles. The maximum Gasteiger partial charge on any atom is 0.142 e. The lowest BCUT2D eigenvalue weighted by Gasteiger charge is -1.95. The van der Waals surface area contributed by atoms with E-state index in [0.29, 0.717) is 0 Å². The van der Waals surface area contributed by atoms with E-state index in [1.807, 2.05) is 0 Å². The molecular weight excluding hydrogens is 154 g/mol. The Hall–Kier alpha value is -0.830. The zero-order chi connectivity index (χ0) is 7.84. The molecule has 52 valence electrons. The van der Waals surface area contributed by atoms with Gasteiger partial charge in [-0.1, -0.05) is 23.1 Å². The summed E-state index contributed by atoms with van der Waals surface area (Å²) in [5, 5.41) is 0. The molecule has 0 aliphatic carbocycles. The van der Waals surface area contributed by atoms with Gasteiger partial charge in [0.05, 0.1) is 22.8 Å². The van der Waals surface area contributed by atoms with Crippen LogP contribution < -0.4 is 10.9 Å². The molecule has 0 saturated carbocycles. The summed E-state index contributed by atoms with van der Waals surface area (Å²) >= 11 is 1.28. The number of nitrogens with zero attached hydrogens (tertiary/aromatic N) is 2. The molecule has 2 aromatic rings. The molecular formula is C6H6B2N2S. The van der Waals surface area contributed by atoms with Crippen molar-refractivity contribution in [3.63, 3.8) is 0 Å². The third-order valence-electron chi connectivity index (χ3n) is 1.82. The molecule has 0 saturated heterocycles. The maximum absolute atomic E-state index is 4.21. The Bertz CT molecular complexity index is 362. The number of fused-ring (bicyclic) bond motifs is 1. The standard InChI is InChI=1S/C6H6B2N2S/c7-3-1-2-4(8)6-5(3)9-11-10-6/h1-2H,7-8H2. The van der Waals surface area contributed by atoms with Gasteiger partial charge in [0.15, 0.2) is 0 Å². The topological polar surface area (TPSA) is 25.8 Å². The van der Waals surface area contributed by atoms with Crippen LogP contribution in [-0.4, -0.2) is 24.4 Å². The van der Waals surface area contributed by atoms with Crippen molar-refractivity contribution >= 4 is 49.4 Å². The lowest BCUT2D eigenvalue weighted by atomic mass is 9.87. The molecule has 1 aromatic carbocycles. The van der Waals surface area contributed by atoms with Crippen molar-refractivity contribution in [2.45, 2.75) is 0 Å². The van der Waals surface area contributed by atoms with Gasteiger partial charge in [0.1, 0.15) is 15.7 Å². The summed E-state index contributed by atoms with van der Waals surface area (Å²) in [4.78, 5) is 0. The van der Waals surface area contributed by atoms with E-state index in [1.165, 1.54) is 22.7 Å². The van der Waals surface area contributed by atoms with Gasteiger partial charge in [0.25, 0.3) is 0 Å². The van der Waals surface area contributed by atoms with E-state index in [0.717, 1.165) is 11.0 Å². The van der Waals surface area contributed by atoms with Crippen LogP contribution in [0.15, 0.2) is 12.1 Å². The third kappa shape index (κ3) is 0.959. The highest BCUT2D eigenvalue weighted by Gasteiger charge is 2.02. The molecule has 0 bridgehead atoms. The fourth-order valence-electron chi connectivity index (χ4n) is 1.11. The first-order chi connectivity index (χ1) is 5.29. The Morgan fingerprint density at radius 1 is 1.00 bits per heavy atom. The molecule has 0 fully saturated rings. The number of aromatic nitrogens is 2. The van der Waals surface area contributed by atoms with Crippen LogP contribution in [0.4, 0.5) is 0 Å². The summed E-state index contributed by atoms with van der Waals surface area (Å²) in [6.07, 6.45) is 0. The van der Waals surface area contributed by atoms with Gasteiger partial charge in [-0.05, 0) is 0 Å². The normalized spacial score (nSPS) is 10.5. The van der Waals surface area contributed by atoms with Crippen molar-refractivity contribution in [3.8, 4) is 0 Å². The molecule has 0 N–H and O–H groups in total. The summed E-state index contributed by atoms with van der Waals surface area (Å²) in [7, 11) is 4.12. The van der Waals surface area contributed by atoms with Crippen LogP contribution in [0.25, 0.3) is 11.0 Å². The monoisotopic (exact) mass is 160 g/mol. The van der Waals surface area contributed by atoms with Gasteiger partial charge in [-0.15, -0.1) is 0 Å². The molecule has 5 heteroatoms. The minimum atomic E-state index is 1.05. The summed E-state index contributed by atoms with van der Waals surface area (Å²) in [6, 6.07) is 4.16. The molecule has 0 aliphatic heterocycles. The highest BCUT2D eigenvalue weighted by molar-refractivity contribution is 7.00. The van der Waals surface area contributed by atoms with Crippen molar-refractivity contribution in [2.24, 2.45) is 0 Å². The number of benzene rings is 1. The first kappa shape index (κ1) is 6.85. The molecule has 11 heavy (non-hydrogen) atoms. The first-order valence-corrected chi connectivity index (χ1v) is 4.20. The summed E-state index contributed by atoms with van der Waals surface area (Å²) in [5.74, 6) is 0. The van der Waals surface area contributed by atoms with Crippen LogP contribution in [0.1, 0.15) is 0 Å². The van der Waals surface area contributed by atoms with Gasteiger partial charge < -0.3 is 0 Å². The molecule has 0 radical (unpaired) electrons. The quantitative estimate of drug-likeness (QED) is 0.425. The fraction of sp³-hybridized carbons (Fsp3) is 0. The predicted octanol–water partition coefficient (Wildman–Crippen LogP) is -1.79. The average Bonchev–Trinajstić information content (AvgIpc) is 2.45. The van der Waals surface area contributed by atoms with Gasteiger partial charge in [-0.3, -0.25) is 0 Å². The Balaban J connectivity index is 2.96. The van der Waals surface area contributed by atoms with E-state index in [4.69, 9.17) is 0 Å². The second-order valence-electron chi connectivity index (χ2n) is 2.66. The first-order valence-electron chi connectivity index (χ1n) is 3.47. The zero-order valence-electron chi connectivity index (χ0n) is 6.46. The van der Waals surface area contributed by atoms with E-state index in [-0.39, 0.29) is 0 Å². The second kappa shape index (κ2) is 2.34. The van der Waals surface area contributed by atoms with Crippen molar-refractivity contribution < 1.29 is 0 Å². The average molecular weight is 160 g/mol. The summed E-state index contributed by atoms with van der Waals surface area (Å²) in [6.45, 7) is 0. The van der Waals surface area contributed by atoms with Crippen molar-refractivity contribution in [1.29, 1.82) is 0 Å². The van der Waals surface area contributed by atoms with Gasteiger partial charge in [-0.2, -0.15) is 8.75 Å². The van der Waals surface area contributed by atoms with Gasteiger partial charge >= 0.3 is 0 Å². The minimum Gasteiger partial charge on any atom is -0.174 e. The molecule has 0 spiro atoms. The van der Waals surface area contributed by atoms with Crippen LogP contribution in [-0.2, 0) is 0 Å². The highest BCUT2D eigenvalue weighted by atomic mass is 32.1. The molecule has 2 nitrogen and oxygen atoms in total. The number of hydrogen-bond donors (Lipinski definition) is 0. The fourth-order valence-corrected chi connectivity index (χ4v) is 1.78. The Labute approximate surface area is 70.8 Å². The zero-order valence-corrected chi connectivity index (χ0v) is 7.27. The third-order valence-corrected chi connectivity index (χ3v) is 2.35. The van der Waals surface area contributed by atoms with E-state index < -0.39 is 0 Å². The Kier molecular flexibility index (Phi) is 1.46. The van der Waals surface area contributed by atoms with E-state index in [2.05, 4.69) is 36.6 Å². The molecule has 0 amide bonds. The summed E-state index contributed by atoms with van der Waals surface area (Å²) < 4.78 is 8.42. The van der Waals surface area contributed by atoms with Crippen LogP contribution in [0.2, 0.25) is 0 Å². The van der Waals surface area contributed by atoms with Gasteiger partial charge in [0, 0.05) is 0 Å². The molecule has 2 rings (SSSR count). The molecule has 0 aliphatic rings. The minimum absolute atomic E-state index is 1.05. The number of rotatable bonds is 0. The van der Waals surface area contributed by atoms with Crippen LogP contribution in [0, 0.1) is 0 Å². The lowest BCUT2D eigenvalue weighted by molar-refractivity contribution is 1.70. The predicted molar refractivity (Wildman–Crippen MR) is 53.8 cm³/mol. The highest BCUT2D eigenvalue weighted by Crippen LogP contribution is 2.03. The second-order valence-corrected chi connectivity index (χ2v) is 3.19. The van der Waals surface area contributed by atoms with E-state index >= 15 is 0 Å². The van der Waals surface area contributed by atoms with Crippen molar-refractivity contribution in [3.05, 3.63) is 12.1 Å². The number of hydrogen-bond acceptors (Lipinski definition) is 3. The Morgan fingerprint density at radius 2 is 1.45 bits per heavy atom. The van der Waals surface area contributed by atoms with E-state index in [9.17, 15) is 0 Å². The van der Waals surface area contributed by atoms with Crippen molar-refractivity contribution in [1.82, 2.24) is 8.75 Å². The van der Waals surface area contributed by atoms with Crippen LogP contribution in [0.5, 0.6) is 0 Å². The smallest absolute Gasteiger partial charge is 0.142 e. The van der Waals surface area contributed by atoms with E-state index in [1.54, 1.807) is 0 Å². The molecule has 0 unspecified atom stereocenters.